The Labute approximate surface area is 119 Å². The van der Waals surface area contributed by atoms with E-state index >= 15 is 0 Å². The Hall–Kier alpha value is -2.22. The number of anilines is 1. The maximum Gasteiger partial charge on any atom is 0.134 e. The molecule has 0 spiro atoms. The largest absolute Gasteiger partial charge is 0.459 e. The van der Waals surface area contributed by atoms with Gasteiger partial charge in [0.15, 0.2) is 0 Å². The summed E-state index contributed by atoms with van der Waals surface area (Å²) in [6.45, 7) is 4.28. The van der Waals surface area contributed by atoms with Crippen molar-refractivity contribution in [3.05, 3.63) is 65.9 Å². The predicted molar refractivity (Wildman–Crippen MR) is 84.1 cm³/mol. The monoisotopic (exact) mass is 265 g/mol. The molecule has 0 saturated carbocycles. The van der Waals surface area contributed by atoms with Crippen molar-refractivity contribution in [2.24, 2.45) is 0 Å². The summed E-state index contributed by atoms with van der Waals surface area (Å²) in [5.41, 5.74) is 3.42. The molecule has 1 atom stereocenters. The van der Waals surface area contributed by atoms with Crippen LogP contribution >= 0.6 is 0 Å². The molecule has 3 aromatic rings. The van der Waals surface area contributed by atoms with Gasteiger partial charge in [-0.25, -0.2) is 0 Å². The fraction of sp³-hybridized carbons (Fsp3) is 0.222. The van der Waals surface area contributed by atoms with E-state index in [9.17, 15) is 0 Å². The number of fused-ring (bicyclic) bond motifs is 1. The van der Waals surface area contributed by atoms with Gasteiger partial charge >= 0.3 is 0 Å². The van der Waals surface area contributed by atoms with Crippen molar-refractivity contribution in [1.29, 1.82) is 0 Å². The molecule has 2 heteroatoms. The molecule has 1 N–H and O–H groups in total. The standard InChI is InChI=1S/C18H19NO/c1-3-14-8-10-16(11-9-14)19-13(2)18-12-15-6-4-5-7-17(15)20-18/h4-13,19H,3H2,1-2H3. The molecule has 1 heterocycles. The van der Waals surface area contributed by atoms with Gasteiger partial charge in [0.25, 0.3) is 0 Å². The summed E-state index contributed by atoms with van der Waals surface area (Å²) < 4.78 is 5.88. The highest BCUT2D eigenvalue weighted by Crippen LogP contribution is 2.26. The van der Waals surface area contributed by atoms with Crippen molar-refractivity contribution in [2.75, 3.05) is 5.32 Å². The van der Waals surface area contributed by atoms with Gasteiger partial charge in [-0.1, -0.05) is 37.3 Å². The van der Waals surface area contributed by atoms with Gasteiger partial charge in [-0.3, -0.25) is 0 Å². The molecule has 1 aromatic heterocycles. The van der Waals surface area contributed by atoms with E-state index in [1.807, 2.05) is 18.2 Å². The number of rotatable bonds is 4. The number of para-hydroxylation sites is 1. The maximum atomic E-state index is 5.88. The van der Waals surface area contributed by atoms with E-state index in [1.54, 1.807) is 0 Å². The van der Waals surface area contributed by atoms with E-state index in [0.717, 1.165) is 28.8 Å². The summed E-state index contributed by atoms with van der Waals surface area (Å²) >= 11 is 0. The van der Waals surface area contributed by atoms with Crippen LogP contribution in [0.15, 0.2) is 59.0 Å². The van der Waals surface area contributed by atoms with Gasteiger partial charge in [0.2, 0.25) is 0 Å². The lowest BCUT2D eigenvalue weighted by Gasteiger charge is -2.13. The Morgan fingerprint density at radius 2 is 1.80 bits per heavy atom. The molecule has 0 aliphatic rings. The normalized spacial score (nSPS) is 12.5. The summed E-state index contributed by atoms with van der Waals surface area (Å²) in [5.74, 6) is 0.964. The second kappa shape index (κ2) is 5.41. The lowest BCUT2D eigenvalue weighted by Crippen LogP contribution is -2.05. The van der Waals surface area contributed by atoms with Crippen molar-refractivity contribution in [2.45, 2.75) is 26.3 Å². The topological polar surface area (TPSA) is 25.2 Å². The second-order valence-corrected chi connectivity index (χ2v) is 5.10. The average Bonchev–Trinajstić information content (AvgIpc) is 2.92. The molecular formula is C18H19NO. The zero-order valence-corrected chi connectivity index (χ0v) is 11.9. The highest BCUT2D eigenvalue weighted by Gasteiger charge is 2.11. The molecular weight excluding hydrogens is 246 g/mol. The summed E-state index contributed by atoms with van der Waals surface area (Å²) in [7, 11) is 0. The average molecular weight is 265 g/mol. The number of furan rings is 1. The van der Waals surface area contributed by atoms with Gasteiger partial charge in [0, 0.05) is 11.1 Å². The van der Waals surface area contributed by atoms with E-state index in [-0.39, 0.29) is 6.04 Å². The molecule has 0 amide bonds. The van der Waals surface area contributed by atoms with Crippen molar-refractivity contribution >= 4 is 16.7 Å². The first-order chi connectivity index (χ1) is 9.76. The van der Waals surface area contributed by atoms with Crippen LogP contribution in [-0.4, -0.2) is 0 Å². The number of benzene rings is 2. The van der Waals surface area contributed by atoms with Crippen LogP contribution in [-0.2, 0) is 6.42 Å². The van der Waals surface area contributed by atoms with Gasteiger partial charge in [0.05, 0.1) is 6.04 Å². The molecule has 20 heavy (non-hydrogen) atoms. The lowest BCUT2D eigenvalue weighted by atomic mass is 10.1. The Bertz CT molecular complexity index is 664. The lowest BCUT2D eigenvalue weighted by molar-refractivity contribution is 0.526. The molecule has 0 aliphatic carbocycles. The van der Waals surface area contributed by atoms with Gasteiger partial charge < -0.3 is 9.73 Å². The van der Waals surface area contributed by atoms with Crippen molar-refractivity contribution < 1.29 is 4.42 Å². The third-order valence-corrected chi connectivity index (χ3v) is 3.62. The summed E-state index contributed by atoms with van der Waals surface area (Å²) in [6, 6.07) is 18.9. The van der Waals surface area contributed by atoms with E-state index in [4.69, 9.17) is 4.42 Å². The predicted octanol–water partition coefficient (Wildman–Crippen LogP) is 5.17. The minimum atomic E-state index is 0.148. The quantitative estimate of drug-likeness (QED) is 0.704. The fourth-order valence-electron chi connectivity index (χ4n) is 2.37. The number of aryl methyl sites for hydroxylation is 1. The second-order valence-electron chi connectivity index (χ2n) is 5.10. The van der Waals surface area contributed by atoms with Gasteiger partial charge in [0.1, 0.15) is 11.3 Å². The zero-order chi connectivity index (χ0) is 13.9. The van der Waals surface area contributed by atoms with E-state index < -0.39 is 0 Å². The molecule has 2 nitrogen and oxygen atoms in total. The van der Waals surface area contributed by atoms with Crippen LogP contribution in [0.25, 0.3) is 11.0 Å². The summed E-state index contributed by atoms with van der Waals surface area (Å²) in [4.78, 5) is 0. The number of hydrogen-bond donors (Lipinski definition) is 1. The Kier molecular flexibility index (Phi) is 3.46. The molecule has 2 aromatic carbocycles. The zero-order valence-electron chi connectivity index (χ0n) is 11.9. The molecule has 3 rings (SSSR count). The minimum absolute atomic E-state index is 0.148. The van der Waals surface area contributed by atoms with Gasteiger partial charge in [-0.15, -0.1) is 0 Å². The van der Waals surface area contributed by atoms with Crippen LogP contribution < -0.4 is 5.32 Å². The maximum absolute atomic E-state index is 5.88. The minimum Gasteiger partial charge on any atom is -0.459 e. The van der Waals surface area contributed by atoms with Crippen molar-refractivity contribution in [3.8, 4) is 0 Å². The summed E-state index contributed by atoms with van der Waals surface area (Å²) in [5, 5.41) is 4.63. The number of nitrogens with one attached hydrogen (secondary N) is 1. The van der Waals surface area contributed by atoms with Crippen LogP contribution in [0, 0.1) is 0 Å². The third kappa shape index (κ3) is 2.55. The van der Waals surface area contributed by atoms with Crippen LogP contribution in [0.2, 0.25) is 0 Å². The van der Waals surface area contributed by atoms with Crippen LogP contribution in [0.5, 0.6) is 0 Å². The first kappa shape index (κ1) is 12.8. The Morgan fingerprint density at radius 1 is 1.05 bits per heavy atom. The molecule has 0 bridgehead atoms. The van der Waals surface area contributed by atoms with Crippen molar-refractivity contribution in [3.63, 3.8) is 0 Å². The van der Waals surface area contributed by atoms with Gasteiger partial charge in [-0.2, -0.15) is 0 Å². The smallest absolute Gasteiger partial charge is 0.134 e. The first-order valence-electron chi connectivity index (χ1n) is 7.10. The highest BCUT2D eigenvalue weighted by atomic mass is 16.3. The van der Waals surface area contributed by atoms with E-state index in [1.165, 1.54) is 5.56 Å². The molecule has 0 aliphatic heterocycles. The fourth-order valence-corrected chi connectivity index (χ4v) is 2.37. The van der Waals surface area contributed by atoms with E-state index in [0.29, 0.717) is 0 Å². The van der Waals surface area contributed by atoms with Crippen LogP contribution in [0.4, 0.5) is 5.69 Å². The number of hydrogen-bond acceptors (Lipinski definition) is 2. The molecule has 102 valence electrons. The van der Waals surface area contributed by atoms with Crippen LogP contribution in [0.1, 0.15) is 31.2 Å². The van der Waals surface area contributed by atoms with Crippen molar-refractivity contribution in [1.82, 2.24) is 0 Å². The molecule has 0 radical (unpaired) electrons. The van der Waals surface area contributed by atoms with Gasteiger partial charge in [-0.05, 0) is 43.2 Å². The summed E-state index contributed by atoms with van der Waals surface area (Å²) in [6.07, 6.45) is 1.07. The van der Waals surface area contributed by atoms with Crippen LogP contribution in [0.3, 0.4) is 0 Å². The first-order valence-corrected chi connectivity index (χ1v) is 7.10. The molecule has 1 unspecified atom stereocenters. The molecule has 0 saturated heterocycles. The SMILES string of the molecule is CCc1ccc(NC(C)c2cc3ccccc3o2)cc1. The highest BCUT2D eigenvalue weighted by molar-refractivity contribution is 5.77. The Balaban J connectivity index is 1.79. The Morgan fingerprint density at radius 3 is 2.50 bits per heavy atom. The van der Waals surface area contributed by atoms with E-state index in [2.05, 4.69) is 55.6 Å². The molecule has 0 fully saturated rings. The third-order valence-electron chi connectivity index (χ3n) is 3.62.